The van der Waals surface area contributed by atoms with Gasteiger partial charge in [0.15, 0.2) is 17.3 Å². The predicted octanol–water partition coefficient (Wildman–Crippen LogP) is 2.69. The summed E-state index contributed by atoms with van der Waals surface area (Å²) in [5, 5.41) is 0. The summed E-state index contributed by atoms with van der Waals surface area (Å²) in [6.45, 7) is 2.59. The van der Waals surface area contributed by atoms with Crippen molar-refractivity contribution in [3.63, 3.8) is 0 Å². The minimum Gasteiger partial charge on any atom is -0.490 e. The van der Waals surface area contributed by atoms with Crippen molar-refractivity contribution in [2.24, 2.45) is 0 Å². The van der Waals surface area contributed by atoms with Crippen molar-refractivity contribution in [1.82, 2.24) is 9.55 Å². The lowest BCUT2D eigenvalue weighted by atomic mass is 10.1. The van der Waals surface area contributed by atoms with Gasteiger partial charge in [-0.25, -0.2) is 9.37 Å². The predicted molar refractivity (Wildman–Crippen MR) is 68.7 cm³/mol. The lowest BCUT2D eigenvalue weighted by molar-refractivity contribution is 0.101. The maximum Gasteiger partial charge on any atom is 0.165 e. The number of rotatable bonds is 6. The topological polar surface area (TPSA) is 44.1 Å². The molecule has 100 valence electrons. The van der Waals surface area contributed by atoms with Crippen LogP contribution in [0.2, 0.25) is 0 Å². The second-order valence-corrected chi connectivity index (χ2v) is 4.20. The van der Waals surface area contributed by atoms with Crippen molar-refractivity contribution in [2.75, 3.05) is 6.61 Å². The molecule has 0 bridgehead atoms. The van der Waals surface area contributed by atoms with E-state index in [1.54, 1.807) is 18.6 Å². The van der Waals surface area contributed by atoms with Crippen LogP contribution < -0.4 is 4.74 Å². The Kier molecular flexibility index (Phi) is 4.28. The second kappa shape index (κ2) is 6.13. The quantitative estimate of drug-likeness (QED) is 0.594. The molecule has 0 aliphatic carbocycles. The molecule has 0 spiro atoms. The molecule has 0 N–H and O–H groups in total. The van der Waals surface area contributed by atoms with E-state index in [0.29, 0.717) is 12.2 Å². The van der Waals surface area contributed by atoms with Crippen LogP contribution in [-0.2, 0) is 6.54 Å². The summed E-state index contributed by atoms with van der Waals surface area (Å²) in [4.78, 5) is 15.0. The van der Waals surface area contributed by atoms with E-state index < -0.39 is 5.82 Å². The van der Waals surface area contributed by atoms with Gasteiger partial charge in [-0.3, -0.25) is 4.79 Å². The van der Waals surface area contributed by atoms with Crippen molar-refractivity contribution < 1.29 is 13.9 Å². The first-order chi connectivity index (χ1) is 9.16. The van der Waals surface area contributed by atoms with Crippen molar-refractivity contribution in [3.05, 3.63) is 48.3 Å². The third kappa shape index (κ3) is 3.64. The fourth-order valence-corrected chi connectivity index (χ4v) is 1.69. The van der Waals surface area contributed by atoms with E-state index in [2.05, 4.69) is 4.98 Å². The van der Waals surface area contributed by atoms with Gasteiger partial charge in [0.1, 0.15) is 0 Å². The summed E-state index contributed by atoms with van der Waals surface area (Å²) < 4.78 is 20.9. The Morgan fingerprint density at radius 1 is 1.47 bits per heavy atom. The van der Waals surface area contributed by atoms with E-state index in [1.165, 1.54) is 19.1 Å². The normalized spacial score (nSPS) is 10.4. The molecule has 0 aliphatic rings. The highest BCUT2D eigenvalue weighted by Crippen LogP contribution is 2.18. The standard InChI is InChI=1S/C14H15FN2O2/c1-11(18)12-3-4-14(13(15)9-12)19-8-2-6-17-7-5-16-10-17/h3-5,7,9-10H,2,6,8H2,1H3. The number of hydrogen-bond acceptors (Lipinski definition) is 3. The summed E-state index contributed by atoms with van der Waals surface area (Å²) in [7, 11) is 0. The fourth-order valence-electron chi connectivity index (χ4n) is 1.69. The third-order valence-electron chi connectivity index (χ3n) is 2.72. The number of halogens is 1. The monoisotopic (exact) mass is 262 g/mol. The van der Waals surface area contributed by atoms with Crippen molar-refractivity contribution >= 4 is 5.78 Å². The molecule has 0 amide bonds. The summed E-state index contributed by atoms with van der Waals surface area (Å²) in [6.07, 6.45) is 6.05. The summed E-state index contributed by atoms with van der Waals surface area (Å²) in [5.41, 5.74) is 0.350. The van der Waals surface area contributed by atoms with E-state index in [9.17, 15) is 9.18 Å². The van der Waals surface area contributed by atoms with Gasteiger partial charge in [0.2, 0.25) is 0 Å². The molecule has 1 aromatic carbocycles. The fraction of sp³-hybridized carbons (Fsp3) is 0.286. The van der Waals surface area contributed by atoms with Crippen LogP contribution >= 0.6 is 0 Å². The van der Waals surface area contributed by atoms with Crippen LogP contribution in [0.4, 0.5) is 4.39 Å². The molecule has 2 rings (SSSR count). The average Bonchev–Trinajstić information content (AvgIpc) is 2.89. The minimum absolute atomic E-state index is 0.162. The molecule has 19 heavy (non-hydrogen) atoms. The second-order valence-electron chi connectivity index (χ2n) is 4.20. The first kappa shape index (κ1) is 13.3. The van der Waals surface area contributed by atoms with Gasteiger partial charge >= 0.3 is 0 Å². The molecule has 0 unspecified atom stereocenters. The molecule has 0 radical (unpaired) electrons. The number of aromatic nitrogens is 2. The smallest absolute Gasteiger partial charge is 0.165 e. The Morgan fingerprint density at radius 3 is 2.95 bits per heavy atom. The van der Waals surface area contributed by atoms with Crippen molar-refractivity contribution in [1.29, 1.82) is 0 Å². The first-order valence-electron chi connectivity index (χ1n) is 6.06. The molecule has 5 heteroatoms. The number of aryl methyl sites for hydroxylation is 1. The molecule has 0 saturated carbocycles. The zero-order chi connectivity index (χ0) is 13.7. The largest absolute Gasteiger partial charge is 0.490 e. The number of imidazole rings is 1. The van der Waals surface area contributed by atoms with Gasteiger partial charge < -0.3 is 9.30 Å². The highest BCUT2D eigenvalue weighted by Gasteiger charge is 2.07. The molecule has 4 nitrogen and oxygen atoms in total. The minimum atomic E-state index is -0.504. The number of ether oxygens (including phenoxy) is 1. The number of hydrogen-bond donors (Lipinski definition) is 0. The van der Waals surface area contributed by atoms with Gasteiger partial charge in [-0.05, 0) is 31.5 Å². The van der Waals surface area contributed by atoms with E-state index in [0.717, 1.165) is 13.0 Å². The maximum absolute atomic E-state index is 13.6. The van der Waals surface area contributed by atoms with E-state index >= 15 is 0 Å². The maximum atomic E-state index is 13.6. The lowest BCUT2D eigenvalue weighted by Gasteiger charge is -2.08. The summed E-state index contributed by atoms with van der Waals surface area (Å²) in [5.74, 6) is -0.489. The highest BCUT2D eigenvalue weighted by atomic mass is 19.1. The van der Waals surface area contributed by atoms with Crippen molar-refractivity contribution in [3.8, 4) is 5.75 Å². The third-order valence-corrected chi connectivity index (χ3v) is 2.72. The van der Waals surface area contributed by atoms with E-state index in [4.69, 9.17) is 4.74 Å². The van der Waals surface area contributed by atoms with Crippen molar-refractivity contribution in [2.45, 2.75) is 19.9 Å². The van der Waals surface area contributed by atoms with Crippen LogP contribution in [0.3, 0.4) is 0 Å². The van der Waals surface area contributed by atoms with Crippen LogP contribution in [0.5, 0.6) is 5.75 Å². The SMILES string of the molecule is CC(=O)c1ccc(OCCCn2ccnc2)c(F)c1. The lowest BCUT2D eigenvalue weighted by Crippen LogP contribution is -2.04. The molecule has 0 saturated heterocycles. The van der Waals surface area contributed by atoms with Crippen LogP contribution in [0, 0.1) is 5.82 Å². The first-order valence-corrected chi connectivity index (χ1v) is 6.06. The Labute approximate surface area is 110 Å². The van der Waals surface area contributed by atoms with Gasteiger partial charge in [0.25, 0.3) is 0 Å². The van der Waals surface area contributed by atoms with Gasteiger partial charge in [-0.1, -0.05) is 0 Å². The zero-order valence-corrected chi connectivity index (χ0v) is 10.7. The van der Waals surface area contributed by atoms with E-state index in [-0.39, 0.29) is 11.5 Å². The number of ketones is 1. The molecule has 1 heterocycles. The number of carbonyl (C=O) groups excluding carboxylic acids is 1. The Balaban J connectivity index is 1.84. The molecule has 0 fully saturated rings. The Bertz CT molecular complexity index is 553. The zero-order valence-electron chi connectivity index (χ0n) is 10.7. The van der Waals surface area contributed by atoms with E-state index in [1.807, 2.05) is 10.8 Å². The molecule has 0 atom stereocenters. The van der Waals surface area contributed by atoms with Gasteiger partial charge in [-0.2, -0.15) is 0 Å². The van der Waals surface area contributed by atoms with Crippen LogP contribution in [0.25, 0.3) is 0 Å². The summed E-state index contributed by atoms with van der Waals surface area (Å²) >= 11 is 0. The van der Waals surface area contributed by atoms with Gasteiger partial charge in [0, 0.05) is 24.5 Å². The number of Topliss-reactive ketones (excluding diaryl/α,β-unsaturated/α-hetero) is 1. The Hall–Kier alpha value is -2.17. The molecule has 0 aliphatic heterocycles. The molecular weight excluding hydrogens is 247 g/mol. The van der Waals surface area contributed by atoms with Gasteiger partial charge in [0.05, 0.1) is 12.9 Å². The summed E-state index contributed by atoms with van der Waals surface area (Å²) in [6, 6.07) is 4.26. The number of benzene rings is 1. The average molecular weight is 262 g/mol. The van der Waals surface area contributed by atoms with Crippen LogP contribution in [0.1, 0.15) is 23.7 Å². The van der Waals surface area contributed by atoms with Crippen LogP contribution in [0.15, 0.2) is 36.9 Å². The molecular formula is C14H15FN2O2. The highest BCUT2D eigenvalue weighted by molar-refractivity contribution is 5.94. The van der Waals surface area contributed by atoms with Crippen LogP contribution in [-0.4, -0.2) is 21.9 Å². The molecule has 1 aromatic heterocycles. The molecule has 2 aromatic rings. The van der Waals surface area contributed by atoms with Gasteiger partial charge in [-0.15, -0.1) is 0 Å². The Morgan fingerprint density at radius 2 is 2.32 bits per heavy atom. The number of nitrogens with zero attached hydrogens (tertiary/aromatic N) is 2. The number of carbonyl (C=O) groups is 1.